The molecule has 0 unspecified atom stereocenters. The van der Waals surface area contributed by atoms with E-state index in [-0.39, 0.29) is 18.4 Å². The third-order valence-electron chi connectivity index (χ3n) is 4.62. The predicted molar refractivity (Wildman–Crippen MR) is 101 cm³/mol. The van der Waals surface area contributed by atoms with Crippen molar-refractivity contribution in [2.75, 3.05) is 6.61 Å². The van der Waals surface area contributed by atoms with Gasteiger partial charge in [0.2, 0.25) is 5.88 Å². The Morgan fingerprint density at radius 1 is 1.04 bits per heavy atom. The van der Waals surface area contributed by atoms with Crippen LogP contribution in [0.1, 0.15) is 24.0 Å². The first-order valence-electron chi connectivity index (χ1n) is 8.62. The van der Waals surface area contributed by atoms with Crippen molar-refractivity contribution in [3.8, 4) is 5.75 Å². The minimum absolute atomic E-state index is 0.0973. The third-order valence-corrected chi connectivity index (χ3v) is 4.62. The molecular formula is C22H19NO3. The van der Waals surface area contributed by atoms with Crippen LogP contribution in [0.15, 0.2) is 78.2 Å². The Kier molecular flexibility index (Phi) is 4.09. The molecule has 4 heteroatoms. The SMILES string of the molecule is CCOC(=O)C1=C(N)Oc2ccc3ccccc3c2[C@H]1c1ccccc1. The van der Waals surface area contributed by atoms with Crippen molar-refractivity contribution in [1.82, 2.24) is 0 Å². The average Bonchev–Trinajstić information content (AvgIpc) is 2.67. The largest absolute Gasteiger partial charge is 0.462 e. The molecule has 0 aliphatic carbocycles. The van der Waals surface area contributed by atoms with Crippen LogP contribution in [0.4, 0.5) is 0 Å². The number of ether oxygens (including phenoxy) is 2. The number of esters is 1. The van der Waals surface area contributed by atoms with E-state index in [1.165, 1.54) is 0 Å². The summed E-state index contributed by atoms with van der Waals surface area (Å²) in [5, 5.41) is 2.12. The lowest BCUT2D eigenvalue weighted by molar-refractivity contribution is -0.139. The average molecular weight is 345 g/mol. The van der Waals surface area contributed by atoms with Crippen LogP contribution in [-0.4, -0.2) is 12.6 Å². The normalized spacial score (nSPS) is 16.1. The van der Waals surface area contributed by atoms with E-state index in [1.807, 2.05) is 66.7 Å². The van der Waals surface area contributed by atoms with Gasteiger partial charge in [-0.3, -0.25) is 0 Å². The highest BCUT2D eigenvalue weighted by atomic mass is 16.5. The fourth-order valence-electron chi connectivity index (χ4n) is 3.53. The first-order valence-corrected chi connectivity index (χ1v) is 8.62. The summed E-state index contributed by atoms with van der Waals surface area (Å²) >= 11 is 0. The van der Waals surface area contributed by atoms with Crippen LogP contribution in [0.5, 0.6) is 5.75 Å². The van der Waals surface area contributed by atoms with Gasteiger partial charge in [-0.1, -0.05) is 60.7 Å². The monoisotopic (exact) mass is 345 g/mol. The van der Waals surface area contributed by atoms with Gasteiger partial charge < -0.3 is 15.2 Å². The highest BCUT2D eigenvalue weighted by Gasteiger charge is 2.36. The Bertz CT molecular complexity index is 1010. The lowest BCUT2D eigenvalue weighted by Gasteiger charge is -2.29. The smallest absolute Gasteiger partial charge is 0.340 e. The van der Waals surface area contributed by atoms with E-state index in [9.17, 15) is 4.79 Å². The van der Waals surface area contributed by atoms with Gasteiger partial charge >= 0.3 is 5.97 Å². The van der Waals surface area contributed by atoms with Gasteiger partial charge in [-0.2, -0.15) is 0 Å². The van der Waals surface area contributed by atoms with Crippen LogP contribution in [0.2, 0.25) is 0 Å². The standard InChI is InChI=1S/C22H19NO3/c1-2-25-22(24)20-18(15-9-4-3-5-10-15)19-16-11-7-6-8-14(16)12-13-17(19)26-21(20)23/h3-13,18H,2,23H2,1H3/t18-/m1/s1. The molecule has 4 rings (SSSR count). The molecule has 0 aromatic heterocycles. The molecule has 1 aliphatic rings. The van der Waals surface area contributed by atoms with Crippen molar-refractivity contribution in [3.63, 3.8) is 0 Å². The van der Waals surface area contributed by atoms with Crippen LogP contribution in [0.3, 0.4) is 0 Å². The van der Waals surface area contributed by atoms with E-state index in [4.69, 9.17) is 15.2 Å². The second-order valence-electron chi connectivity index (χ2n) is 6.14. The molecule has 0 amide bonds. The molecule has 0 fully saturated rings. The van der Waals surface area contributed by atoms with Gasteiger partial charge in [-0.05, 0) is 29.3 Å². The number of hydrogen-bond donors (Lipinski definition) is 1. The number of fused-ring (bicyclic) bond motifs is 3. The van der Waals surface area contributed by atoms with Gasteiger partial charge in [-0.25, -0.2) is 4.79 Å². The highest BCUT2D eigenvalue weighted by Crippen LogP contribution is 2.45. The maximum absolute atomic E-state index is 12.7. The number of hydrogen-bond acceptors (Lipinski definition) is 4. The first-order chi connectivity index (χ1) is 12.7. The summed E-state index contributed by atoms with van der Waals surface area (Å²) in [6, 6.07) is 21.8. The molecule has 130 valence electrons. The summed E-state index contributed by atoms with van der Waals surface area (Å²) in [6.07, 6.45) is 0. The molecular weight excluding hydrogens is 326 g/mol. The van der Waals surface area contributed by atoms with E-state index in [1.54, 1.807) is 6.92 Å². The van der Waals surface area contributed by atoms with E-state index in [2.05, 4.69) is 0 Å². The second-order valence-corrected chi connectivity index (χ2v) is 6.14. The number of carbonyl (C=O) groups is 1. The van der Waals surface area contributed by atoms with E-state index >= 15 is 0 Å². The lowest BCUT2D eigenvalue weighted by atomic mass is 9.80. The zero-order valence-electron chi connectivity index (χ0n) is 14.4. The summed E-state index contributed by atoms with van der Waals surface area (Å²) in [5.41, 5.74) is 8.41. The fraction of sp³-hybridized carbons (Fsp3) is 0.136. The second kappa shape index (κ2) is 6.56. The zero-order valence-corrected chi connectivity index (χ0v) is 14.4. The molecule has 3 aromatic carbocycles. The van der Waals surface area contributed by atoms with Gasteiger partial charge in [0.25, 0.3) is 0 Å². The summed E-state index contributed by atoms with van der Waals surface area (Å²) < 4.78 is 11.1. The van der Waals surface area contributed by atoms with Crippen LogP contribution < -0.4 is 10.5 Å². The van der Waals surface area contributed by atoms with E-state index < -0.39 is 5.97 Å². The van der Waals surface area contributed by atoms with Crippen molar-refractivity contribution in [2.24, 2.45) is 5.73 Å². The zero-order chi connectivity index (χ0) is 18.1. The van der Waals surface area contributed by atoms with Gasteiger partial charge in [-0.15, -0.1) is 0 Å². The first kappa shape index (κ1) is 16.2. The van der Waals surface area contributed by atoms with Crippen molar-refractivity contribution >= 4 is 16.7 Å². The molecule has 4 nitrogen and oxygen atoms in total. The van der Waals surface area contributed by atoms with Crippen LogP contribution >= 0.6 is 0 Å². The van der Waals surface area contributed by atoms with E-state index in [0.717, 1.165) is 21.9 Å². The minimum Gasteiger partial charge on any atom is -0.462 e. The van der Waals surface area contributed by atoms with Crippen molar-refractivity contribution < 1.29 is 14.3 Å². The van der Waals surface area contributed by atoms with Crippen LogP contribution in [0, 0.1) is 0 Å². The maximum atomic E-state index is 12.7. The van der Waals surface area contributed by atoms with Gasteiger partial charge in [0.1, 0.15) is 11.3 Å². The van der Waals surface area contributed by atoms with Crippen molar-refractivity contribution in [2.45, 2.75) is 12.8 Å². The molecule has 26 heavy (non-hydrogen) atoms. The molecule has 1 atom stereocenters. The summed E-state index contributed by atoms with van der Waals surface area (Å²) in [6.45, 7) is 2.05. The fourth-order valence-corrected chi connectivity index (χ4v) is 3.53. The van der Waals surface area contributed by atoms with Crippen molar-refractivity contribution in [3.05, 3.63) is 89.3 Å². The number of benzene rings is 3. The third kappa shape index (κ3) is 2.60. The van der Waals surface area contributed by atoms with Crippen molar-refractivity contribution in [1.29, 1.82) is 0 Å². The molecule has 0 radical (unpaired) electrons. The molecule has 1 heterocycles. The quantitative estimate of drug-likeness (QED) is 0.726. The summed E-state index contributed by atoms with van der Waals surface area (Å²) in [4.78, 5) is 12.7. The van der Waals surface area contributed by atoms with Crippen LogP contribution in [0.25, 0.3) is 10.8 Å². The lowest BCUT2D eigenvalue weighted by Crippen LogP contribution is -2.27. The summed E-state index contributed by atoms with van der Waals surface area (Å²) in [7, 11) is 0. The topological polar surface area (TPSA) is 61.5 Å². The van der Waals surface area contributed by atoms with Crippen LogP contribution in [-0.2, 0) is 9.53 Å². The molecule has 0 saturated carbocycles. The highest BCUT2D eigenvalue weighted by molar-refractivity contribution is 5.97. The Hall–Kier alpha value is -3.27. The summed E-state index contributed by atoms with van der Waals surface area (Å²) in [5.74, 6) is -0.0225. The molecule has 2 N–H and O–H groups in total. The Morgan fingerprint density at radius 3 is 2.54 bits per heavy atom. The number of rotatable bonds is 3. The molecule has 3 aromatic rings. The number of carbonyl (C=O) groups excluding carboxylic acids is 1. The van der Waals surface area contributed by atoms with E-state index in [0.29, 0.717) is 11.3 Å². The Balaban J connectivity index is 2.01. The van der Waals surface area contributed by atoms with Gasteiger partial charge in [0.05, 0.1) is 12.5 Å². The van der Waals surface area contributed by atoms with Gasteiger partial charge in [0.15, 0.2) is 0 Å². The molecule has 1 aliphatic heterocycles. The predicted octanol–water partition coefficient (Wildman–Crippen LogP) is 4.10. The Labute approximate surface area is 151 Å². The molecule has 0 saturated heterocycles. The number of nitrogens with two attached hydrogens (primary N) is 1. The molecule has 0 bridgehead atoms. The molecule has 0 spiro atoms. The minimum atomic E-state index is -0.447. The maximum Gasteiger partial charge on any atom is 0.340 e. The Morgan fingerprint density at radius 2 is 1.77 bits per heavy atom. The van der Waals surface area contributed by atoms with Gasteiger partial charge in [0, 0.05) is 5.56 Å².